The van der Waals surface area contributed by atoms with E-state index in [-0.39, 0.29) is 11.3 Å². The molecule has 0 saturated carbocycles. The van der Waals surface area contributed by atoms with E-state index in [1.807, 2.05) is 56.3 Å². The Bertz CT molecular complexity index is 1200. The highest BCUT2D eigenvalue weighted by atomic mass is 32.1. The Morgan fingerprint density at radius 1 is 1.15 bits per heavy atom. The van der Waals surface area contributed by atoms with Gasteiger partial charge in [-0.1, -0.05) is 43.2 Å². The SMILES string of the molecule is CCCCOc1ccc(C2C(=C(O)c3cc(C)ccc3C)C(=O)C(=O)N2c2nccs2)cc1. The zero-order chi connectivity index (χ0) is 23.5. The van der Waals surface area contributed by atoms with Gasteiger partial charge >= 0.3 is 5.91 Å². The fourth-order valence-electron chi connectivity index (χ4n) is 3.90. The number of nitrogens with zero attached hydrogens (tertiary/aromatic N) is 2. The average molecular weight is 463 g/mol. The van der Waals surface area contributed by atoms with Crippen molar-refractivity contribution in [2.45, 2.75) is 39.7 Å². The van der Waals surface area contributed by atoms with Gasteiger partial charge in [-0.15, -0.1) is 11.3 Å². The molecule has 7 heteroatoms. The quantitative estimate of drug-likeness (QED) is 0.215. The van der Waals surface area contributed by atoms with Gasteiger partial charge in [-0.05, 0) is 49.6 Å². The minimum atomic E-state index is -0.791. The van der Waals surface area contributed by atoms with Crippen molar-refractivity contribution in [3.8, 4) is 5.75 Å². The predicted molar refractivity (Wildman–Crippen MR) is 130 cm³/mol. The summed E-state index contributed by atoms with van der Waals surface area (Å²) in [7, 11) is 0. The molecule has 1 aliphatic heterocycles. The van der Waals surface area contributed by atoms with Crippen LogP contribution in [0.5, 0.6) is 5.75 Å². The lowest BCUT2D eigenvalue weighted by Crippen LogP contribution is -2.29. The molecular formula is C26H26N2O4S. The number of aromatic nitrogens is 1. The Kier molecular flexibility index (Phi) is 6.60. The number of amides is 1. The molecule has 2 aromatic carbocycles. The molecule has 33 heavy (non-hydrogen) atoms. The molecule has 1 atom stereocenters. The fraction of sp³-hybridized carbons (Fsp3) is 0.269. The standard InChI is InChI=1S/C26H26N2O4S/c1-4-5-13-32-19-10-8-18(9-11-19)22-21(23(29)20-15-16(2)6-7-17(20)3)24(30)25(31)28(22)26-27-12-14-33-26/h6-12,14-15,22,29H,4-5,13H2,1-3H3. The van der Waals surface area contributed by atoms with Gasteiger partial charge in [0.2, 0.25) is 0 Å². The third kappa shape index (κ3) is 4.41. The molecule has 1 saturated heterocycles. The maximum absolute atomic E-state index is 13.2. The number of carbonyl (C=O) groups excluding carboxylic acids is 2. The molecule has 170 valence electrons. The molecule has 0 aliphatic carbocycles. The van der Waals surface area contributed by atoms with Crippen molar-refractivity contribution < 1.29 is 19.4 Å². The first-order chi connectivity index (χ1) is 15.9. The number of Topliss-reactive ketones (excluding diaryl/α,β-unsaturated/α-hetero) is 1. The molecule has 0 bridgehead atoms. The summed E-state index contributed by atoms with van der Waals surface area (Å²) in [4.78, 5) is 31.9. The third-order valence-electron chi connectivity index (χ3n) is 5.68. The van der Waals surface area contributed by atoms with Gasteiger partial charge < -0.3 is 9.84 Å². The van der Waals surface area contributed by atoms with Crippen LogP contribution in [0, 0.1) is 13.8 Å². The van der Waals surface area contributed by atoms with Crippen LogP contribution in [0.1, 0.15) is 48.1 Å². The van der Waals surface area contributed by atoms with Crippen LogP contribution in [0.25, 0.3) is 5.76 Å². The first kappa shape index (κ1) is 22.7. The van der Waals surface area contributed by atoms with Gasteiger partial charge in [-0.2, -0.15) is 0 Å². The van der Waals surface area contributed by atoms with Gasteiger partial charge in [0, 0.05) is 17.1 Å². The first-order valence-corrected chi connectivity index (χ1v) is 11.8. The summed E-state index contributed by atoms with van der Waals surface area (Å²) in [5, 5.41) is 13.5. The summed E-state index contributed by atoms with van der Waals surface area (Å²) in [5.74, 6) is -0.892. The Hall–Kier alpha value is -3.45. The van der Waals surface area contributed by atoms with E-state index < -0.39 is 17.7 Å². The lowest BCUT2D eigenvalue weighted by Gasteiger charge is -2.23. The molecule has 6 nitrogen and oxygen atoms in total. The number of ether oxygens (including phenoxy) is 1. The number of aliphatic hydroxyl groups excluding tert-OH is 1. The summed E-state index contributed by atoms with van der Waals surface area (Å²) in [6, 6.07) is 12.2. The van der Waals surface area contributed by atoms with E-state index in [2.05, 4.69) is 11.9 Å². The number of anilines is 1. The van der Waals surface area contributed by atoms with Crippen LogP contribution in [-0.2, 0) is 9.59 Å². The van der Waals surface area contributed by atoms with Gasteiger partial charge in [-0.3, -0.25) is 14.5 Å². The number of rotatable bonds is 7. The number of ketones is 1. The number of hydrogen-bond acceptors (Lipinski definition) is 6. The van der Waals surface area contributed by atoms with E-state index in [4.69, 9.17) is 4.74 Å². The molecule has 1 aliphatic rings. The smallest absolute Gasteiger partial charge is 0.301 e. The Morgan fingerprint density at radius 3 is 2.58 bits per heavy atom. The van der Waals surface area contributed by atoms with Crippen LogP contribution in [0.3, 0.4) is 0 Å². The van der Waals surface area contributed by atoms with E-state index in [1.54, 1.807) is 11.6 Å². The van der Waals surface area contributed by atoms with E-state index in [0.717, 1.165) is 24.0 Å². The van der Waals surface area contributed by atoms with Gasteiger partial charge in [0.15, 0.2) is 5.13 Å². The second kappa shape index (κ2) is 9.58. The highest BCUT2D eigenvalue weighted by Crippen LogP contribution is 2.43. The van der Waals surface area contributed by atoms with Crippen molar-refractivity contribution in [2.24, 2.45) is 0 Å². The Balaban J connectivity index is 1.83. The molecule has 1 amide bonds. The number of thiazole rings is 1. The van der Waals surface area contributed by atoms with Crippen molar-refractivity contribution in [3.05, 3.63) is 81.9 Å². The molecule has 1 aromatic heterocycles. The molecule has 1 fully saturated rings. The van der Waals surface area contributed by atoms with Crippen molar-refractivity contribution >= 4 is 33.9 Å². The van der Waals surface area contributed by atoms with Crippen LogP contribution in [0.2, 0.25) is 0 Å². The van der Waals surface area contributed by atoms with E-state index in [0.29, 0.717) is 28.6 Å². The van der Waals surface area contributed by atoms with Gasteiger partial charge in [0.1, 0.15) is 11.5 Å². The normalized spacial score (nSPS) is 17.5. The minimum absolute atomic E-state index is 0.0588. The third-order valence-corrected chi connectivity index (χ3v) is 6.45. The van der Waals surface area contributed by atoms with Crippen LogP contribution in [-0.4, -0.2) is 28.4 Å². The molecule has 2 heterocycles. The molecule has 1 N–H and O–H groups in total. The van der Waals surface area contributed by atoms with E-state index >= 15 is 0 Å². The molecule has 0 radical (unpaired) electrons. The lowest BCUT2D eigenvalue weighted by atomic mass is 9.93. The molecule has 0 spiro atoms. The van der Waals surface area contributed by atoms with Crippen LogP contribution < -0.4 is 9.64 Å². The lowest BCUT2D eigenvalue weighted by molar-refractivity contribution is -0.132. The summed E-state index contributed by atoms with van der Waals surface area (Å²) in [5.41, 5.74) is 3.05. The number of aliphatic hydroxyl groups is 1. The van der Waals surface area contributed by atoms with Crippen molar-refractivity contribution in [1.82, 2.24) is 4.98 Å². The number of hydrogen-bond donors (Lipinski definition) is 1. The number of benzene rings is 2. The van der Waals surface area contributed by atoms with Crippen LogP contribution in [0.15, 0.2) is 59.6 Å². The van der Waals surface area contributed by atoms with Crippen LogP contribution in [0.4, 0.5) is 5.13 Å². The zero-order valence-corrected chi connectivity index (χ0v) is 19.7. The largest absolute Gasteiger partial charge is 0.507 e. The topological polar surface area (TPSA) is 79.7 Å². The van der Waals surface area contributed by atoms with Gasteiger partial charge in [0.05, 0.1) is 18.2 Å². The molecule has 4 rings (SSSR count). The molecule has 3 aromatic rings. The number of aryl methyl sites for hydroxylation is 2. The number of unbranched alkanes of at least 4 members (excludes halogenated alkanes) is 1. The van der Waals surface area contributed by atoms with E-state index in [9.17, 15) is 14.7 Å². The average Bonchev–Trinajstić information content (AvgIpc) is 3.42. The summed E-state index contributed by atoms with van der Waals surface area (Å²) in [6.45, 7) is 6.51. The van der Waals surface area contributed by atoms with Crippen molar-refractivity contribution in [1.29, 1.82) is 0 Å². The van der Waals surface area contributed by atoms with Crippen LogP contribution >= 0.6 is 11.3 Å². The molecule has 1 unspecified atom stereocenters. The molecular weight excluding hydrogens is 436 g/mol. The van der Waals surface area contributed by atoms with Crippen molar-refractivity contribution in [3.63, 3.8) is 0 Å². The first-order valence-electron chi connectivity index (χ1n) is 10.9. The second-order valence-corrected chi connectivity index (χ2v) is 8.95. The zero-order valence-electron chi connectivity index (χ0n) is 18.9. The monoisotopic (exact) mass is 462 g/mol. The summed E-state index contributed by atoms with van der Waals surface area (Å²) >= 11 is 1.27. The van der Waals surface area contributed by atoms with E-state index in [1.165, 1.54) is 16.2 Å². The fourth-order valence-corrected chi connectivity index (χ4v) is 4.56. The van der Waals surface area contributed by atoms with Gasteiger partial charge in [-0.25, -0.2) is 4.98 Å². The second-order valence-electron chi connectivity index (χ2n) is 8.07. The highest BCUT2D eigenvalue weighted by Gasteiger charge is 2.48. The maximum Gasteiger partial charge on any atom is 0.301 e. The summed E-state index contributed by atoms with van der Waals surface area (Å²) < 4.78 is 5.76. The van der Waals surface area contributed by atoms with Crippen molar-refractivity contribution in [2.75, 3.05) is 11.5 Å². The predicted octanol–water partition coefficient (Wildman–Crippen LogP) is 5.57. The Morgan fingerprint density at radius 2 is 1.91 bits per heavy atom. The minimum Gasteiger partial charge on any atom is -0.507 e. The summed E-state index contributed by atoms with van der Waals surface area (Å²) in [6.07, 6.45) is 3.59. The Labute approximate surface area is 197 Å². The maximum atomic E-state index is 13.2. The number of carbonyl (C=O) groups is 2. The van der Waals surface area contributed by atoms with Gasteiger partial charge in [0.25, 0.3) is 5.78 Å². The highest BCUT2D eigenvalue weighted by molar-refractivity contribution is 7.14.